The second-order valence-corrected chi connectivity index (χ2v) is 7.73. The summed E-state index contributed by atoms with van der Waals surface area (Å²) in [6.07, 6.45) is 0. The van der Waals surface area contributed by atoms with Crippen molar-refractivity contribution in [3.05, 3.63) is 33.8 Å². The van der Waals surface area contributed by atoms with E-state index in [4.69, 9.17) is 32.8 Å². The van der Waals surface area contributed by atoms with Crippen LogP contribution in [0.1, 0.15) is 11.6 Å². The van der Waals surface area contributed by atoms with Crippen molar-refractivity contribution < 1.29 is 18.0 Å². The molecule has 0 spiro atoms. The Kier molecular flexibility index (Phi) is 6.07. The molecule has 1 aliphatic rings. The highest BCUT2D eigenvalue weighted by Gasteiger charge is 2.43. The summed E-state index contributed by atoms with van der Waals surface area (Å²) in [6.45, 7) is 0.594. The highest BCUT2D eigenvalue weighted by atomic mass is 35.5. The van der Waals surface area contributed by atoms with Gasteiger partial charge in [-0.2, -0.15) is 5.06 Å². The number of ether oxygens (including phenoxy) is 1. The fourth-order valence-electron chi connectivity index (χ4n) is 2.37. The second kappa shape index (κ2) is 7.44. The molecular formula is C13H18Cl2N2O4S. The van der Waals surface area contributed by atoms with Gasteiger partial charge in [0.1, 0.15) is 5.25 Å². The summed E-state index contributed by atoms with van der Waals surface area (Å²) in [4.78, 5) is 5.40. The van der Waals surface area contributed by atoms with E-state index in [0.29, 0.717) is 16.7 Å². The SMILES string of the molecule is COCCNS(=O)(=O)C1CON(C)C1c1ccc(Cl)c(Cl)c1. The van der Waals surface area contributed by atoms with Crippen molar-refractivity contribution in [1.82, 2.24) is 9.79 Å². The van der Waals surface area contributed by atoms with Gasteiger partial charge in [-0.1, -0.05) is 29.3 Å². The summed E-state index contributed by atoms with van der Waals surface area (Å²) in [5.41, 5.74) is 0.733. The van der Waals surface area contributed by atoms with Crippen LogP contribution in [0.15, 0.2) is 18.2 Å². The highest BCUT2D eigenvalue weighted by Crippen LogP contribution is 2.35. The molecule has 0 aromatic heterocycles. The zero-order valence-electron chi connectivity index (χ0n) is 12.3. The third-order valence-corrected chi connectivity index (χ3v) is 6.02. The zero-order valence-corrected chi connectivity index (χ0v) is 14.6. The normalized spacial score (nSPS) is 23.1. The fraction of sp³-hybridized carbons (Fsp3) is 0.538. The average Bonchev–Trinajstić information content (AvgIpc) is 2.85. The van der Waals surface area contributed by atoms with E-state index in [2.05, 4.69) is 4.72 Å². The summed E-state index contributed by atoms with van der Waals surface area (Å²) in [5.74, 6) is 0. The molecule has 2 unspecified atom stereocenters. The van der Waals surface area contributed by atoms with Gasteiger partial charge >= 0.3 is 0 Å². The predicted molar refractivity (Wildman–Crippen MR) is 85.5 cm³/mol. The first-order valence-electron chi connectivity index (χ1n) is 6.65. The number of hydroxylamine groups is 2. The lowest BCUT2D eigenvalue weighted by Gasteiger charge is -2.23. The molecule has 1 N–H and O–H groups in total. The van der Waals surface area contributed by atoms with Crippen LogP contribution in [0.4, 0.5) is 0 Å². The number of sulfonamides is 1. The van der Waals surface area contributed by atoms with Crippen LogP contribution < -0.4 is 4.72 Å². The maximum absolute atomic E-state index is 12.5. The zero-order chi connectivity index (χ0) is 16.3. The molecular weight excluding hydrogens is 351 g/mol. The van der Waals surface area contributed by atoms with Gasteiger partial charge in [-0.15, -0.1) is 0 Å². The molecule has 1 aromatic rings. The van der Waals surface area contributed by atoms with Gasteiger partial charge in [0, 0.05) is 20.7 Å². The first-order chi connectivity index (χ1) is 10.4. The Labute approximate surface area is 140 Å². The minimum atomic E-state index is -3.56. The molecule has 6 nitrogen and oxygen atoms in total. The van der Waals surface area contributed by atoms with Gasteiger partial charge in [0.05, 0.1) is 29.3 Å². The molecule has 9 heteroatoms. The van der Waals surface area contributed by atoms with Crippen LogP contribution in [0.5, 0.6) is 0 Å². The van der Waals surface area contributed by atoms with E-state index in [1.165, 1.54) is 12.2 Å². The van der Waals surface area contributed by atoms with E-state index in [9.17, 15) is 8.42 Å². The molecule has 22 heavy (non-hydrogen) atoms. The Hall–Kier alpha value is -0.410. The molecule has 2 atom stereocenters. The van der Waals surface area contributed by atoms with Crippen molar-refractivity contribution >= 4 is 33.2 Å². The number of halogens is 2. The van der Waals surface area contributed by atoms with Crippen LogP contribution in [0.2, 0.25) is 10.0 Å². The molecule has 2 rings (SSSR count). The molecule has 124 valence electrons. The Morgan fingerprint density at radius 1 is 1.41 bits per heavy atom. The van der Waals surface area contributed by atoms with Crippen LogP contribution >= 0.6 is 23.2 Å². The van der Waals surface area contributed by atoms with Crippen molar-refractivity contribution in [2.24, 2.45) is 0 Å². The van der Waals surface area contributed by atoms with Gasteiger partial charge in [0.15, 0.2) is 0 Å². The lowest BCUT2D eigenvalue weighted by atomic mass is 10.0. The van der Waals surface area contributed by atoms with Gasteiger partial charge in [0.2, 0.25) is 10.0 Å². The lowest BCUT2D eigenvalue weighted by molar-refractivity contribution is -0.110. The van der Waals surface area contributed by atoms with Crippen molar-refractivity contribution in [2.75, 3.05) is 33.9 Å². The molecule has 0 saturated carbocycles. The fourth-order valence-corrected chi connectivity index (χ4v) is 4.17. The van der Waals surface area contributed by atoms with Gasteiger partial charge < -0.3 is 4.74 Å². The largest absolute Gasteiger partial charge is 0.383 e. The van der Waals surface area contributed by atoms with Gasteiger partial charge in [-0.3, -0.25) is 4.84 Å². The quantitative estimate of drug-likeness (QED) is 0.776. The van der Waals surface area contributed by atoms with Crippen molar-refractivity contribution in [3.8, 4) is 0 Å². The Balaban J connectivity index is 2.25. The van der Waals surface area contributed by atoms with Crippen molar-refractivity contribution in [3.63, 3.8) is 0 Å². The van der Waals surface area contributed by atoms with E-state index in [-0.39, 0.29) is 13.2 Å². The summed E-state index contributed by atoms with van der Waals surface area (Å²) >= 11 is 11.9. The van der Waals surface area contributed by atoms with Gasteiger partial charge in [0.25, 0.3) is 0 Å². The number of nitrogens with zero attached hydrogens (tertiary/aromatic N) is 1. The summed E-state index contributed by atoms with van der Waals surface area (Å²) in [6, 6.07) is 4.60. The number of benzene rings is 1. The van der Waals surface area contributed by atoms with Crippen molar-refractivity contribution in [1.29, 1.82) is 0 Å². The standard InChI is InChI=1S/C13H18Cl2N2O4S/c1-17-13(9-3-4-10(14)11(15)7-9)12(8-21-17)22(18,19)16-5-6-20-2/h3-4,7,12-13,16H,5-6,8H2,1-2H3. The summed E-state index contributed by atoms with van der Waals surface area (Å²) in [7, 11) is -0.353. The van der Waals surface area contributed by atoms with E-state index in [1.807, 2.05) is 0 Å². The van der Waals surface area contributed by atoms with Crippen LogP contribution in [-0.2, 0) is 19.6 Å². The summed E-state index contributed by atoms with van der Waals surface area (Å²) in [5, 5.41) is 1.58. The molecule has 0 radical (unpaired) electrons. The van der Waals surface area contributed by atoms with E-state index >= 15 is 0 Å². The molecule has 0 bridgehead atoms. The molecule has 1 saturated heterocycles. The maximum Gasteiger partial charge on any atom is 0.218 e. The molecule has 1 heterocycles. The summed E-state index contributed by atoms with van der Waals surface area (Å²) < 4.78 is 32.3. The van der Waals surface area contributed by atoms with Crippen LogP contribution in [0.25, 0.3) is 0 Å². The van der Waals surface area contributed by atoms with Crippen LogP contribution in [0.3, 0.4) is 0 Å². The van der Waals surface area contributed by atoms with Gasteiger partial charge in [-0.05, 0) is 17.7 Å². The average molecular weight is 369 g/mol. The second-order valence-electron chi connectivity index (χ2n) is 4.93. The Morgan fingerprint density at radius 2 is 2.14 bits per heavy atom. The first kappa shape index (κ1) is 17.9. The minimum absolute atomic E-state index is 0.0731. The molecule has 0 aliphatic carbocycles. The van der Waals surface area contributed by atoms with E-state index in [1.54, 1.807) is 25.2 Å². The Morgan fingerprint density at radius 3 is 2.77 bits per heavy atom. The highest BCUT2D eigenvalue weighted by molar-refractivity contribution is 7.90. The number of nitrogens with one attached hydrogen (secondary N) is 1. The topological polar surface area (TPSA) is 67.9 Å². The third-order valence-electron chi connectivity index (χ3n) is 3.48. The first-order valence-corrected chi connectivity index (χ1v) is 8.95. The maximum atomic E-state index is 12.5. The van der Waals surface area contributed by atoms with E-state index < -0.39 is 21.3 Å². The number of hydrogen-bond acceptors (Lipinski definition) is 5. The molecule has 1 aromatic carbocycles. The smallest absolute Gasteiger partial charge is 0.218 e. The number of hydrogen-bond donors (Lipinski definition) is 1. The monoisotopic (exact) mass is 368 g/mol. The Bertz CT molecular complexity index is 626. The molecule has 1 fully saturated rings. The predicted octanol–water partition coefficient (Wildman–Crippen LogP) is 1.85. The minimum Gasteiger partial charge on any atom is -0.383 e. The number of rotatable bonds is 6. The van der Waals surface area contributed by atoms with Crippen LogP contribution in [-0.4, -0.2) is 52.6 Å². The number of methoxy groups -OCH3 is 1. The van der Waals surface area contributed by atoms with Gasteiger partial charge in [-0.25, -0.2) is 13.1 Å². The van der Waals surface area contributed by atoms with E-state index in [0.717, 1.165) is 5.56 Å². The molecule has 0 amide bonds. The molecule has 1 aliphatic heterocycles. The van der Waals surface area contributed by atoms with Crippen molar-refractivity contribution in [2.45, 2.75) is 11.3 Å². The lowest BCUT2D eigenvalue weighted by Crippen LogP contribution is -2.40. The third kappa shape index (κ3) is 3.91. The van der Waals surface area contributed by atoms with Crippen LogP contribution in [0, 0.1) is 0 Å².